The summed E-state index contributed by atoms with van der Waals surface area (Å²) in [5, 5.41) is 10.1. The Morgan fingerprint density at radius 2 is 1.79 bits per heavy atom. The molecule has 2 aromatic rings. The molecule has 4 rings (SSSR count). The van der Waals surface area contributed by atoms with Crippen LogP contribution in [0.1, 0.15) is 55.5 Å². The Labute approximate surface area is 200 Å². The van der Waals surface area contributed by atoms with E-state index in [-0.39, 0.29) is 25.1 Å². The SMILES string of the molecule is COc1ccc(-c2ccc3c(c2)COC3=O)c(OCC(C)(C)C(C(=O)O)C2CCCC2)c1OC. The topological polar surface area (TPSA) is 91.3 Å². The van der Waals surface area contributed by atoms with Crippen LogP contribution in [0.4, 0.5) is 0 Å². The van der Waals surface area contributed by atoms with Crippen molar-refractivity contribution in [2.45, 2.75) is 46.1 Å². The summed E-state index contributed by atoms with van der Waals surface area (Å²) in [7, 11) is 3.11. The zero-order chi connectivity index (χ0) is 24.5. The minimum atomic E-state index is -0.776. The highest BCUT2D eigenvalue weighted by Gasteiger charge is 2.43. The average Bonchev–Trinajstić information content (AvgIpc) is 3.46. The number of esters is 1. The van der Waals surface area contributed by atoms with Gasteiger partial charge in [0.05, 0.1) is 32.3 Å². The van der Waals surface area contributed by atoms with Crippen LogP contribution >= 0.6 is 0 Å². The average molecular weight is 469 g/mol. The Kier molecular flexibility index (Phi) is 6.73. The number of fused-ring (bicyclic) bond motifs is 1. The van der Waals surface area contributed by atoms with Gasteiger partial charge in [0.15, 0.2) is 11.5 Å². The molecule has 2 aromatic carbocycles. The van der Waals surface area contributed by atoms with E-state index in [0.717, 1.165) is 42.4 Å². The second-order valence-electron chi connectivity index (χ2n) is 9.76. The fourth-order valence-electron chi connectivity index (χ4n) is 5.38. The van der Waals surface area contributed by atoms with Crippen LogP contribution < -0.4 is 14.2 Å². The molecule has 2 aliphatic rings. The fourth-order valence-corrected chi connectivity index (χ4v) is 5.38. The van der Waals surface area contributed by atoms with Gasteiger partial charge in [0.2, 0.25) is 5.75 Å². The number of carbonyl (C=O) groups excluding carboxylic acids is 1. The minimum Gasteiger partial charge on any atom is -0.493 e. The first kappa shape index (κ1) is 23.9. The first-order chi connectivity index (χ1) is 16.3. The van der Waals surface area contributed by atoms with Crippen LogP contribution in [0.3, 0.4) is 0 Å². The van der Waals surface area contributed by atoms with E-state index < -0.39 is 17.3 Å². The highest BCUT2D eigenvalue weighted by Crippen LogP contribution is 2.47. The van der Waals surface area contributed by atoms with Crippen molar-refractivity contribution in [2.75, 3.05) is 20.8 Å². The number of carboxylic acids is 1. The summed E-state index contributed by atoms with van der Waals surface area (Å²) in [6, 6.07) is 9.21. The maximum Gasteiger partial charge on any atom is 0.338 e. The Morgan fingerprint density at radius 3 is 2.44 bits per heavy atom. The Hall–Kier alpha value is -3.22. The number of hydrogen-bond acceptors (Lipinski definition) is 6. The monoisotopic (exact) mass is 468 g/mol. The molecule has 7 nitrogen and oxygen atoms in total. The normalized spacial score (nSPS) is 16.6. The molecule has 1 heterocycles. The van der Waals surface area contributed by atoms with Gasteiger partial charge in [0.1, 0.15) is 6.61 Å². The third-order valence-corrected chi connectivity index (χ3v) is 7.06. The van der Waals surface area contributed by atoms with Crippen molar-refractivity contribution in [1.29, 1.82) is 0 Å². The number of aliphatic carboxylic acids is 1. The molecule has 1 atom stereocenters. The Balaban J connectivity index is 1.70. The van der Waals surface area contributed by atoms with Gasteiger partial charge >= 0.3 is 11.9 Å². The highest BCUT2D eigenvalue weighted by atomic mass is 16.5. The minimum absolute atomic E-state index is 0.150. The van der Waals surface area contributed by atoms with Gasteiger partial charge in [0, 0.05) is 16.5 Å². The molecule has 1 fully saturated rings. The van der Waals surface area contributed by atoms with Crippen molar-refractivity contribution < 1.29 is 33.6 Å². The van der Waals surface area contributed by atoms with Gasteiger partial charge < -0.3 is 24.1 Å². The maximum atomic E-state index is 12.3. The van der Waals surface area contributed by atoms with Crippen LogP contribution in [-0.4, -0.2) is 37.9 Å². The summed E-state index contributed by atoms with van der Waals surface area (Å²) in [5.74, 6) is -0.00749. The van der Waals surface area contributed by atoms with Gasteiger partial charge in [-0.15, -0.1) is 0 Å². The molecule has 1 aliphatic carbocycles. The van der Waals surface area contributed by atoms with Gasteiger partial charge in [-0.25, -0.2) is 4.79 Å². The molecular weight excluding hydrogens is 436 g/mol. The fraction of sp³-hybridized carbons (Fsp3) is 0.481. The van der Waals surface area contributed by atoms with Crippen LogP contribution in [0, 0.1) is 17.3 Å². The van der Waals surface area contributed by atoms with E-state index in [9.17, 15) is 14.7 Å². The molecule has 1 unspecified atom stereocenters. The second-order valence-corrected chi connectivity index (χ2v) is 9.76. The highest BCUT2D eigenvalue weighted by molar-refractivity contribution is 5.94. The molecule has 0 radical (unpaired) electrons. The van der Waals surface area contributed by atoms with E-state index in [0.29, 0.717) is 22.8 Å². The summed E-state index contributed by atoms with van der Waals surface area (Å²) in [4.78, 5) is 24.1. The van der Waals surface area contributed by atoms with E-state index in [1.54, 1.807) is 26.4 Å². The lowest BCUT2D eigenvalue weighted by molar-refractivity contribution is -0.149. The van der Waals surface area contributed by atoms with E-state index in [4.69, 9.17) is 18.9 Å². The number of rotatable bonds is 9. The van der Waals surface area contributed by atoms with Crippen LogP contribution in [0.5, 0.6) is 17.2 Å². The molecular formula is C27H32O7. The molecule has 0 spiro atoms. The number of carboxylic acid groups (broad SMARTS) is 1. The first-order valence-electron chi connectivity index (χ1n) is 11.7. The van der Waals surface area contributed by atoms with Crippen molar-refractivity contribution in [3.05, 3.63) is 41.5 Å². The number of cyclic esters (lactones) is 1. The smallest absolute Gasteiger partial charge is 0.338 e. The summed E-state index contributed by atoms with van der Waals surface area (Å²) in [5.41, 5.74) is 2.38. The van der Waals surface area contributed by atoms with E-state index in [1.165, 1.54) is 0 Å². The van der Waals surface area contributed by atoms with Crippen molar-refractivity contribution in [1.82, 2.24) is 0 Å². The third-order valence-electron chi connectivity index (χ3n) is 7.06. The number of methoxy groups -OCH3 is 2. The lowest BCUT2D eigenvalue weighted by atomic mass is 9.71. The van der Waals surface area contributed by atoms with Crippen LogP contribution in [0.2, 0.25) is 0 Å². The maximum absolute atomic E-state index is 12.3. The van der Waals surface area contributed by atoms with E-state index in [1.807, 2.05) is 32.0 Å². The lowest BCUT2D eigenvalue weighted by Gasteiger charge is -2.35. The summed E-state index contributed by atoms with van der Waals surface area (Å²) in [6.07, 6.45) is 4.02. The Bertz CT molecular complexity index is 1080. The summed E-state index contributed by atoms with van der Waals surface area (Å²) >= 11 is 0. The van der Waals surface area contributed by atoms with Crippen LogP contribution in [-0.2, 0) is 16.1 Å². The molecule has 0 aromatic heterocycles. The quantitative estimate of drug-likeness (QED) is 0.497. The van der Waals surface area contributed by atoms with Crippen molar-refractivity contribution in [2.24, 2.45) is 17.3 Å². The van der Waals surface area contributed by atoms with Gasteiger partial charge in [-0.05, 0) is 48.6 Å². The van der Waals surface area contributed by atoms with Gasteiger partial charge in [-0.2, -0.15) is 0 Å². The molecule has 0 saturated heterocycles. The number of ether oxygens (including phenoxy) is 4. The standard InChI is InChI=1S/C27H32O7/c1-27(2,22(25(28)29)16-7-5-6-8-16)15-34-23-19(11-12-21(31-3)24(23)32-4)17-9-10-20-18(13-17)14-33-26(20)30/h9-13,16,22H,5-8,14-15H2,1-4H3,(H,28,29). The van der Waals surface area contributed by atoms with Gasteiger partial charge in [-0.3, -0.25) is 4.79 Å². The van der Waals surface area contributed by atoms with Crippen LogP contribution in [0.15, 0.2) is 30.3 Å². The predicted octanol–water partition coefficient (Wildman–Crippen LogP) is 5.34. The molecule has 0 bridgehead atoms. The third kappa shape index (κ3) is 4.43. The van der Waals surface area contributed by atoms with Crippen molar-refractivity contribution in [3.63, 3.8) is 0 Å². The molecule has 182 valence electrons. The molecule has 1 aliphatic heterocycles. The molecule has 1 N–H and O–H groups in total. The van der Waals surface area contributed by atoms with Gasteiger partial charge in [0.25, 0.3) is 0 Å². The lowest BCUT2D eigenvalue weighted by Crippen LogP contribution is -2.40. The number of carbonyl (C=O) groups is 2. The number of benzene rings is 2. The Morgan fingerprint density at radius 1 is 1.09 bits per heavy atom. The summed E-state index contributed by atoms with van der Waals surface area (Å²) < 4.78 is 22.7. The largest absolute Gasteiger partial charge is 0.493 e. The van der Waals surface area contributed by atoms with Crippen molar-refractivity contribution in [3.8, 4) is 28.4 Å². The molecule has 34 heavy (non-hydrogen) atoms. The van der Waals surface area contributed by atoms with Crippen LogP contribution in [0.25, 0.3) is 11.1 Å². The van der Waals surface area contributed by atoms with Gasteiger partial charge in [-0.1, -0.05) is 32.8 Å². The first-order valence-corrected chi connectivity index (χ1v) is 11.7. The molecule has 1 saturated carbocycles. The summed E-state index contributed by atoms with van der Waals surface area (Å²) in [6.45, 7) is 4.34. The molecule has 0 amide bonds. The second kappa shape index (κ2) is 9.57. The predicted molar refractivity (Wildman–Crippen MR) is 126 cm³/mol. The number of hydrogen-bond donors (Lipinski definition) is 1. The zero-order valence-corrected chi connectivity index (χ0v) is 20.2. The van der Waals surface area contributed by atoms with Crippen molar-refractivity contribution >= 4 is 11.9 Å². The van der Waals surface area contributed by atoms with E-state index >= 15 is 0 Å². The zero-order valence-electron chi connectivity index (χ0n) is 20.2. The van der Waals surface area contributed by atoms with E-state index in [2.05, 4.69) is 0 Å². The molecule has 7 heteroatoms.